The molecule has 0 unspecified atom stereocenters. The van der Waals surface area contributed by atoms with Crippen LogP contribution in [0.1, 0.15) is 30.2 Å². The second kappa shape index (κ2) is 6.75. The van der Waals surface area contributed by atoms with Gasteiger partial charge in [-0.25, -0.2) is 24.3 Å². The van der Waals surface area contributed by atoms with Crippen LogP contribution in [0, 0.1) is 5.82 Å². The van der Waals surface area contributed by atoms with E-state index < -0.39 is 5.82 Å². The van der Waals surface area contributed by atoms with Crippen LogP contribution in [0.15, 0.2) is 37.2 Å². The van der Waals surface area contributed by atoms with Gasteiger partial charge in [0.15, 0.2) is 5.82 Å². The quantitative estimate of drug-likeness (QED) is 0.584. The number of anilines is 1. The molecule has 0 fully saturated rings. The van der Waals surface area contributed by atoms with Gasteiger partial charge in [0, 0.05) is 38.3 Å². The van der Waals surface area contributed by atoms with E-state index in [0.717, 1.165) is 34.8 Å². The second-order valence-corrected chi connectivity index (χ2v) is 6.49. The number of aryl methyl sites for hydroxylation is 2. The maximum absolute atomic E-state index is 13.0. The van der Waals surface area contributed by atoms with Crippen molar-refractivity contribution in [3.63, 3.8) is 0 Å². The average Bonchev–Trinajstić information content (AvgIpc) is 3.22. The number of halogens is 1. The van der Waals surface area contributed by atoms with Crippen LogP contribution in [0.4, 0.5) is 10.3 Å². The zero-order chi connectivity index (χ0) is 19.0. The summed E-state index contributed by atoms with van der Waals surface area (Å²) in [6.07, 6.45) is 8.59. The number of hydrogen-bond acceptors (Lipinski definition) is 6. The molecule has 8 nitrogen and oxygen atoms in total. The molecule has 0 aromatic carbocycles. The lowest BCUT2D eigenvalue weighted by molar-refractivity contribution is 0.604. The molecule has 138 valence electrons. The van der Waals surface area contributed by atoms with Gasteiger partial charge in [-0.05, 0) is 13.0 Å². The molecule has 0 radical (unpaired) electrons. The molecular formula is C18H19FN8. The Balaban J connectivity index is 1.68. The number of hydrogen-bond donors (Lipinski definition) is 1. The van der Waals surface area contributed by atoms with Crippen molar-refractivity contribution in [2.45, 2.75) is 19.4 Å². The summed E-state index contributed by atoms with van der Waals surface area (Å²) in [6, 6.07) is 1.73. The van der Waals surface area contributed by atoms with Crippen LogP contribution in [0.3, 0.4) is 0 Å². The molecule has 0 saturated carbocycles. The van der Waals surface area contributed by atoms with E-state index in [1.54, 1.807) is 6.33 Å². The van der Waals surface area contributed by atoms with Crippen molar-refractivity contribution >= 4 is 17.0 Å². The molecule has 1 atom stereocenters. The number of fused-ring (bicyclic) bond motifs is 1. The van der Waals surface area contributed by atoms with E-state index in [2.05, 4.69) is 30.2 Å². The minimum absolute atomic E-state index is 0.272. The summed E-state index contributed by atoms with van der Waals surface area (Å²) >= 11 is 0. The van der Waals surface area contributed by atoms with Crippen LogP contribution in [0.5, 0.6) is 0 Å². The maximum Gasteiger partial charge on any atom is 0.225 e. The lowest BCUT2D eigenvalue weighted by atomic mass is 10.2. The first kappa shape index (κ1) is 17.1. The summed E-state index contributed by atoms with van der Waals surface area (Å²) in [5, 5.41) is 4.20. The Kier molecular flexibility index (Phi) is 4.27. The zero-order valence-electron chi connectivity index (χ0n) is 15.3. The van der Waals surface area contributed by atoms with E-state index in [-0.39, 0.29) is 6.04 Å². The first-order valence-electron chi connectivity index (χ1n) is 8.52. The minimum atomic E-state index is -0.468. The summed E-state index contributed by atoms with van der Waals surface area (Å²) in [4.78, 5) is 21.7. The fraction of sp³-hybridized carbons (Fsp3) is 0.278. The summed E-state index contributed by atoms with van der Waals surface area (Å²) < 4.78 is 16.9. The topological polar surface area (TPSA) is 86.3 Å². The molecular weight excluding hydrogens is 347 g/mol. The summed E-state index contributed by atoms with van der Waals surface area (Å²) in [5.41, 5.74) is 2.64. The smallest absolute Gasteiger partial charge is 0.225 e. The standard InChI is InChI=1S/C18H19FN8/c1-11(16-20-7-12(19)8-21-16)23-18-24-15(6-13-9-26(2)10-22-13)14-4-5-27(3)17(14)25-18/h4-5,7-11H,6H2,1-3H3,(H,23,24,25)/t11-/m0/s1. The van der Waals surface area contributed by atoms with Crippen LogP contribution < -0.4 is 5.32 Å². The predicted molar refractivity (Wildman–Crippen MR) is 98.6 cm³/mol. The van der Waals surface area contributed by atoms with Crippen molar-refractivity contribution in [2.24, 2.45) is 14.1 Å². The molecule has 0 saturated heterocycles. The van der Waals surface area contributed by atoms with E-state index in [1.807, 2.05) is 48.6 Å². The van der Waals surface area contributed by atoms with E-state index in [4.69, 9.17) is 0 Å². The monoisotopic (exact) mass is 366 g/mol. The van der Waals surface area contributed by atoms with Gasteiger partial charge in [0.2, 0.25) is 5.95 Å². The molecule has 27 heavy (non-hydrogen) atoms. The third-order valence-electron chi connectivity index (χ3n) is 4.28. The molecule has 0 aliphatic rings. The number of imidazole rings is 1. The third kappa shape index (κ3) is 3.48. The highest BCUT2D eigenvalue weighted by atomic mass is 19.1. The molecule has 0 spiro atoms. The number of rotatable bonds is 5. The van der Waals surface area contributed by atoms with Gasteiger partial charge in [-0.2, -0.15) is 4.98 Å². The Labute approximate surface area is 155 Å². The maximum atomic E-state index is 13.0. The van der Waals surface area contributed by atoms with Gasteiger partial charge in [0.05, 0.1) is 36.2 Å². The van der Waals surface area contributed by atoms with Crippen molar-refractivity contribution in [1.82, 2.24) is 34.1 Å². The highest BCUT2D eigenvalue weighted by Crippen LogP contribution is 2.22. The normalized spacial score (nSPS) is 12.4. The molecule has 1 N–H and O–H groups in total. The van der Waals surface area contributed by atoms with E-state index >= 15 is 0 Å². The van der Waals surface area contributed by atoms with Gasteiger partial charge in [-0.1, -0.05) is 0 Å². The van der Waals surface area contributed by atoms with Crippen molar-refractivity contribution in [3.05, 3.63) is 60.2 Å². The molecule has 4 rings (SSSR count). The Hall–Kier alpha value is -3.36. The van der Waals surface area contributed by atoms with Gasteiger partial charge in [-0.15, -0.1) is 0 Å². The van der Waals surface area contributed by atoms with Crippen molar-refractivity contribution in [1.29, 1.82) is 0 Å². The Morgan fingerprint density at radius 1 is 1.15 bits per heavy atom. The van der Waals surface area contributed by atoms with Gasteiger partial charge in [0.25, 0.3) is 0 Å². The van der Waals surface area contributed by atoms with Crippen LogP contribution in [-0.4, -0.2) is 34.1 Å². The highest BCUT2D eigenvalue weighted by molar-refractivity contribution is 5.80. The molecule has 0 aliphatic carbocycles. The predicted octanol–water partition coefficient (Wildman–Crippen LogP) is 2.39. The van der Waals surface area contributed by atoms with Crippen LogP contribution in [0.2, 0.25) is 0 Å². The van der Waals surface area contributed by atoms with Gasteiger partial charge in [-0.3, -0.25) is 0 Å². The zero-order valence-corrected chi connectivity index (χ0v) is 15.3. The molecule has 4 aromatic heterocycles. The SMILES string of the molecule is C[C@H](Nc1nc(Cc2cn(C)cn2)c2ccn(C)c2n1)c1ncc(F)cn1. The summed E-state index contributed by atoms with van der Waals surface area (Å²) in [5.74, 6) is 0.471. The molecule has 0 amide bonds. The molecule has 9 heteroatoms. The van der Waals surface area contributed by atoms with Crippen molar-refractivity contribution in [3.8, 4) is 0 Å². The van der Waals surface area contributed by atoms with E-state index in [1.165, 1.54) is 0 Å². The number of nitrogens with one attached hydrogen (secondary N) is 1. The summed E-state index contributed by atoms with van der Waals surface area (Å²) in [7, 11) is 3.88. The first-order valence-corrected chi connectivity index (χ1v) is 8.52. The Morgan fingerprint density at radius 3 is 2.63 bits per heavy atom. The molecule has 0 bridgehead atoms. The molecule has 4 heterocycles. The van der Waals surface area contributed by atoms with Crippen molar-refractivity contribution in [2.75, 3.05) is 5.32 Å². The lowest BCUT2D eigenvalue weighted by Crippen LogP contribution is -2.14. The van der Waals surface area contributed by atoms with E-state index in [0.29, 0.717) is 18.2 Å². The average molecular weight is 366 g/mol. The fourth-order valence-electron chi connectivity index (χ4n) is 2.93. The van der Waals surface area contributed by atoms with Crippen LogP contribution in [0.25, 0.3) is 11.0 Å². The van der Waals surface area contributed by atoms with Gasteiger partial charge < -0.3 is 14.5 Å². The summed E-state index contributed by atoms with van der Waals surface area (Å²) in [6.45, 7) is 1.88. The van der Waals surface area contributed by atoms with Crippen molar-refractivity contribution < 1.29 is 4.39 Å². The second-order valence-electron chi connectivity index (χ2n) is 6.49. The molecule has 0 aliphatic heterocycles. The highest BCUT2D eigenvalue weighted by Gasteiger charge is 2.15. The van der Waals surface area contributed by atoms with Crippen LogP contribution in [-0.2, 0) is 20.5 Å². The number of nitrogens with zero attached hydrogens (tertiary/aromatic N) is 7. The largest absolute Gasteiger partial charge is 0.344 e. The first-order chi connectivity index (χ1) is 13.0. The lowest BCUT2D eigenvalue weighted by Gasteiger charge is -2.13. The minimum Gasteiger partial charge on any atom is -0.344 e. The Morgan fingerprint density at radius 2 is 1.93 bits per heavy atom. The number of aromatic nitrogens is 7. The fourth-order valence-corrected chi connectivity index (χ4v) is 2.93. The Bertz CT molecular complexity index is 1080. The van der Waals surface area contributed by atoms with Gasteiger partial charge >= 0.3 is 0 Å². The van der Waals surface area contributed by atoms with Gasteiger partial charge in [0.1, 0.15) is 11.5 Å². The van der Waals surface area contributed by atoms with Crippen LogP contribution >= 0.6 is 0 Å². The third-order valence-corrected chi connectivity index (χ3v) is 4.28. The van der Waals surface area contributed by atoms with E-state index in [9.17, 15) is 4.39 Å². The molecule has 4 aromatic rings.